The molecule has 27 heavy (non-hydrogen) atoms. The van der Waals surface area contributed by atoms with Gasteiger partial charge >= 0.3 is 0 Å². The third kappa shape index (κ3) is 2.00. The molecule has 0 radical (unpaired) electrons. The number of hydrogen-bond donors (Lipinski definition) is 2. The Kier molecular flexibility index (Phi) is 3.79. The second-order valence-corrected chi connectivity index (χ2v) is 9.75. The highest BCUT2D eigenvalue weighted by Crippen LogP contribution is 2.70. The molecule has 1 unspecified atom stereocenters. The maximum absolute atomic E-state index is 16.9. The summed E-state index contributed by atoms with van der Waals surface area (Å²) in [6.45, 7) is 7.01. The predicted octanol–water partition coefficient (Wildman–Crippen LogP) is 2.92. The molecule has 0 aliphatic heterocycles. The van der Waals surface area contributed by atoms with Crippen molar-refractivity contribution in [2.24, 2.45) is 28.6 Å². The number of allylic oxidation sites excluding steroid dienone is 4. The van der Waals surface area contributed by atoms with E-state index in [0.717, 1.165) is 5.57 Å². The Balaban J connectivity index is 1.86. The van der Waals surface area contributed by atoms with Crippen LogP contribution >= 0.6 is 0 Å². The monoisotopic (exact) mass is 376 g/mol. The van der Waals surface area contributed by atoms with Crippen molar-refractivity contribution in [1.82, 2.24) is 0 Å². The van der Waals surface area contributed by atoms with Crippen molar-refractivity contribution in [2.45, 2.75) is 70.8 Å². The minimum absolute atomic E-state index is 0.00153. The quantitative estimate of drug-likeness (QED) is 0.738. The van der Waals surface area contributed by atoms with Crippen LogP contribution < -0.4 is 0 Å². The number of ketones is 2. The number of alkyl halides is 1. The number of Topliss-reactive ketones (excluding diaryl/α,β-unsaturated/α-hetero) is 1. The summed E-state index contributed by atoms with van der Waals surface area (Å²) in [6.07, 6.45) is 4.68. The van der Waals surface area contributed by atoms with Gasteiger partial charge in [0.1, 0.15) is 5.60 Å². The van der Waals surface area contributed by atoms with Gasteiger partial charge < -0.3 is 10.2 Å². The highest BCUT2D eigenvalue weighted by Gasteiger charge is 2.74. The van der Waals surface area contributed by atoms with Gasteiger partial charge in [-0.1, -0.05) is 25.5 Å². The van der Waals surface area contributed by atoms with E-state index in [1.807, 2.05) is 13.8 Å². The molecule has 0 aromatic carbocycles. The Bertz CT molecular complexity index is 787. The van der Waals surface area contributed by atoms with E-state index < -0.39 is 34.1 Å². The Morgan fingerprint density at radius 1 is 1.30 bits per heavy atom. The Labute approximate surface area is 159 Å². The second kappa shape index (κ2) is 5.38. The summed E-state index contributed by atoms with van der Waals surface area (Å²) < 4.78 is 16.9. The van der Waals surface area contributed by atoms with E-state index in [1.54, 1.807) is 13.0 Å². The van der Waals surface area contributed by atoms with Crippen LogP contribution in [0.3, 0.4) is 0 Å². The van der Waals surface area contributed by atoms with Crippen LogP contribution in [0.1, 0.15) is 53.4 Å². The molecule has 4 rings (SSSR count). The van der Waals surface area contributed by atoms with Crippen LogP contribution in [-0.2, 0) is 9.59 Å². The highest BCUT2D eigenvalue weighted by atomic mass is 19.1. The predicted molar refractivity (Wildman–Crippen MR) is 98.5 cm³/mol. The van der Waals surface area contributed by atoms with Crippen LogP contribution in [-0.4, -0.2) is 39.2 Å². The molecule has 4 aliphatic carbocycles. The number of carbonyl (C=O) groups is 2. The van der Waals surface area contributed by atoms with Crippen LogP contribution in [0.4, 0.5) is 4.39 Å². The largest absolute Gasteiger partial charge is 0.390 e. The lowest BCUT2D eigenvalue weighted by atomic mass is 9.43. The van der Waals surface area contributed by atoms with Gasteiger partial charge in [0.15, 0.2) is 17.2 Å². The normalized spacial score (nSPS) is 54.0. The molecule has 5 heteroatoms. The smallest absolute Gasteiger partial charge is 0.178 e. The van der Waals surface area contributed by atoms with E-state index >= 15 is 4.39 Å². The summed E-state index contributed by atoms with van der Waals surface area (Å²) in [5.41, 5.74) is -4.59. The third-order valence-electron chi connectivity index (χ3n) is 8.70. The molecule has 0 aromatic rings. The number of aliphatic hydroxyl groups excluding tert-OH is 1. The molecule has 148 valence electrons. The second-order valence-electron chi connectivity index (χ2n) is 9.75. The lowest BCUT2D eigenvalue weighted by molar-refractivity contribution is -0.219. The van der Waals surface area contributed by atoms with Gasteiger partial charge in [-0.15, -0.1) is 0 Å². The van der Waals surface area contributed by atoms with Gasteiger partial charge in [0.2, 0.25) is 0 Å². The van der Waals surface area contributed by atoms with Crippen LogP contribution in [0, 0.1) is 28.6 Å². The standard InChI is InChI=1S/C22H29FO4/c1-12-9-17-15-6-8-21(27,13(2)24)20(15,4)11-18(26)22(17,23)19(3)7-5-14(25)10-16(12)19/h5,7,10,12,15,17-18,26-27H,6,8-9,11H2,1-4H3/t12-,15-,17-,18-,19-,20-,21-,22?/m0/s1. The first kappa shape index (κ1) is 19.0. The minimum atomic E-state index is -1.92. The van der Waals surface area contributed by atoms with Crippen molar-refractivity contribution < 1.29 is 24.2 Å². The van der Waals surface area contributed by atoms with Crippen LogP contribution in [0.2, 0.25) is 0 Å². The molecule has 8 atom stereocenters. The Hall–Kier alpha value is -1.33. The molecule has 2 N–H and O–H groups in total. The van der Waals surface area contributed by atoms with Crippen molar-refractivity contribution >= 4 is 11.6 Å². The molecule has 3 fully saturated rings. The number of rotatable bonds is 1. The maximum Gasteiger partial charge on any atom is 0.178 e. The first-order chi connectivity index (χ1) is 12.4. The van der Waals surface area contributed by atoms with Gasteiger partial charge in [-0.05, 0) is 63.5 Å². The van der Waals surface area contributed by atoms with Gasteiger partial charge in [0.05, 0.1) is 6.10 Å². The first-order valence-corrected chi connectivity index (χ1v) is 9.97. The van der Waals surface area contributed by atoms with E-state index in [1.165, 1.54) is 19.1 Å². The van der Waals surface area contributed by atoms with Gasteiger partial charge in [0.25, 0.3) is 0 Å². The topological polar surface area (TPSA) is 74.6 Å². The van der Waals surface area contributed by atoms with Gasteiger partial charge in [0, 0.05) is 16.7 Å². The molecular weight excluding hydrogens is 347 g/mol. The van der Waals surface area contributed by atoms with Crippen LogP contribution in [0.15, 0.2) is 23.8 Å². The van der Waals surface area contributed by atoms with E-state index in [-0.39, 0.29) is 29.8 Å². The Morgan fingerprint density at radius 2 is 1.96 bits per heavy atom. The lowest BCUT2D eigenvalue weighted by Gasteiger charge is -2.63. The lowest BCUT2D eigenvalue weighted by Crippen LogP contribution is -2.69. The Morgan fingerprint density at radius 3 is 2.59 bits per heavy atom. The molecule has 0 spiro atoms. The maximum atomic E-state index is 16.9. The molecule has 0 saturated heterocycles. The highest BCUT2D eigenvalue weighted by molar-refractivity contribution is 6.01. The summed E-state index contributed by atoms with van der Waals surface area (Å²) in [4.78, 5) is 24.2. The SMILES string of the molecule is CC(=O)[C@@]1(O)CC[C@H]2[C@@H]3C[C@H](C)C4=CC(=O)C=C[C@]4(C)C3(F)[C@@H](O)C[C@@]21C. The van der Waals surface area contributed by atoms with Crippen molar-refractivity contribution in [1.29, 1.82) is 0 Å². The van der Waals surface area contributed by atoms with Crippen molar-refractivity contribution in [2.75, 3.05) is 0 Å². The molecule has 0 amide bonds. The number of fused-ring (bicyclic) bond motifs is 5. The first-order valence-electron chi connectivity index (χ1n) is 9.97. The molecule has 0 heterocycles. The van der Waals surface area contributed by atoms with Crippen LogP contribution in [0.25, 0.3) is 0 Å². The summed E-state index contributed by atoms with van der Waals surface area (Å²) in [6, 6.07) is 0. The summed E-state index contributed by atoms with van der Waals surface area (Å²) in [7, 11) is 0. The average molecular weight is 376 g/mol. The minimum Gasteiger partial charge on any atom is -0.390 e. The third-order valence-corrected chi connectivity index (χ3v) is 8.70. The zero-order valence-corrected chi connectivity index (χ0v) is 16.5. The molecule has 4 aliphatic rings. The molecule has 0 aromatic heterocycles. The van der Waals surface area contributed by atoms with E-state index in [0.29, 0.717) is 19.3 Å². The number of carbonyl (C=O) groups excluding carboxylic acids is 2. The van der Waals surface area contributed by atoms with Gasteiger partial charge in [-0.2, -0.15) is 0 Å². The van der Waals surface area contributed by atoms with E-state index in [4.69, 9.17) is 0 Å². The fraction of sp³-hybridized carbons (Fsp3) is 0.727. The zero-order valence-electron chi connectivity index (χ0n) is 16.5. The molecule has 4 nitrogen and oxygen atoms in total. The fourth-order valence-electron chi connectivity index (χ4n) is 7.18. The number of halogens is 1. The van der Waals surface area contributed by atoms with Crippen LogP contribution in [0.5, 0.6) is 0 Å². The molecule has 3 saturated carbocycles. The van der Waals surface area contributed by atoms with Crippen molar-refractivity contribution in [3.05, 3.63) is 23.8 Å². The summed E-state index contributed by atoms with van der Waals surface area (Å²) >= 11 is 0. The number of aliphatic hydroxyl groups is 2. The van der Waals surface area contributed by atoms with Crippen molar-refractivity contribution in [3.63, 3.8) is 0 Å². The van der Waals surface area contributed by atoms with Gasteiger partial charge in [-0.25, -0.2) is 4.39 Å². The fourth-order valence-corrected chi connectivity index (χ4v) is 7.18. The van der Waals surface area contributed by atoms with E-state index in [9.17, 15) is 19.8 Å². The average Bonchev–Trinajstić information content (AvgIpc) is 2.85. The number of hydrogen-bond acceptors (Lipinski definition) is 4. The van der Waals surface area contributed by atoms with Crippen molar-refractivity contribution in [3.8, 4) is 0 Å². The zero-order chi connectivity index (χ0) is 20.0. The molecule has 0 bridgehead atoms. The van der Waals surface area contributed by atoms with E-state index in [2.05, 4.69) is 0 Å². The molecular formula is C22H29FO4. The van der Waals surface area contributed by atoms with Gasteiger partial charge in [-0.3, -0.25) is 9.59 Å². The summed E-state index contributed by atoms with van der Waals surface area (Å²) in [5, 5.41) is 22.3. The summed E-state index contributed by atoms with van der Waals surface area (Å²) in [5.74, 6) is -1.11.